The first-order valence-corrected chi connectivity index (χ1v) is 10.5. The number of halogens is 2. The van der Waals surface area contributed by atoms with Crippen molar-refractivity contribution in [1.82, 2.24) is 0 Å². The molecule has 0 fully saturated rings. The Labute approximate surface area is 173 Å². The van der Waals surface area contributed by atoms with E-state index < -0.39 is 28.4 Å². The Balaban J connectivity index is 2.25. The van der Waals surface area contributed by atoms with Crippen molar-refractivity contribution in [2.75, 3.05) is 29.5 Å². The fourth-order valence-electron chi connectivity index (χ4n) is 2.34. The lowest BCUT2D eigenvalue weighted by Crippen LogP contribution is -2.37. The monoisotopic (exact) mass is 444 g/mol. The number of amides is 1. The van der Waals surface area contributed by atoms with Crippen LogP contribution in [0.25, 0.3) is 0 Å². The Morgan fingerprint density at radius 3 is 2.36 bits per heavy atom. The molecule has 10 heteroatoms. The Hall–Kier alpha value is -2.29. The molecule has 2 aromatic rings. The average Bonchev–Trinajstić information content (AvgIpc) is 2.62. The van der Waals surface area contributed by atoms with Gasteiger partial charge in [0, 0.05) is 10.7 Å². The van der Waals surface area contributed by atoms with E-state index in [1.54, 1.807) is 19.1 Å². The zero-order chi connectivity index (χ0) is 21.1. The predicted molar refractivity (Wildman–Crippen MR) is 110 cm³/mol. The summed E-state index contributed by atoms with van der Waals surface area (Å²) in [5.74, 6) is -1.27. The first-order valence-electron chi connectivity index (χ1n) is 7.94. The lowest BCUT2D eigenvalue weighted by Gasteiger charge is -2.22. The minimum absolute atomic E-state index is 0.0762. The molecule has 1 N–H and O–H groups in total. The summed E-state index contributed by atoms with van der Waals surface area (Å²) in [5, 5.41) is 3.09. The summed E-state index contributed by atoms with van der Waals surface area (Å²) >= 11 is 12.0. The number of methoxy groups -OCH3 is 1. The molecule has 0 saturated heterocycles. The second-order valence-corrected chi connectivity index (χ2v) is 8.66. The molecule has 28 heavy (non-hydrogen) atoms. The molecular formula is C18H18Cl2N2O5S. The highest BCUT2D eigenvalue weighted by Crippen LogP contribution is 2.25. The fourth-order valence-corrected chi connectivity index (χ4v) is 3.56. The van der Waals surface area contributed by atoms with Gasteiger partial charge in [-0.3, -0.25) is 9.10 Å². The minimum atomic E-state index is -3.75. The molecule has 0 atom stereocenters. The van der Waals surface area contributed by atoms with Gasteiger partial charge >= 0.3 is 5.97 Å². The van der Waals surface area contributed by atoms with E-state index in [1.807, 2.05) is 0 Å². The molecule has 2 aromatic carbocycles. The van der Waals surface area contributed by atoms with Gasteiger partial charge in [-0.05, 0) is 42.8 Å². The van der Waals surface area contributed by atoms with E-state index in [9.17, 15) is 18.0 Å². The summed E-state index contributed by atoms with van der Waals surface area (Å²) in [6.07, 6.45) is 0.992. The molecule has 0 aliphatic heterocycles. The predicted octanol–water partition coefficient (Wildman–Crippen LogP) is 3.49. The normalized spacial score (nSPS) is 11.0. The smallest absolute Gasteiger partial charge is 0.339 e. The zero-order valence-electron chi connectivity index (χ0n) is 15.3. The first-order chi connectivity index (χ1) is 13.0. The zero-order valence-corrected chi connectivity index (χ0v) is 17.7. The summed E-state index contributed by atoms with van der Waals surface area (Å²) in [6, 6.07) is 8.96. The number of esters is 1. The third-order valence-corrected chi connectivity index (χ3v) is 5.66. The lowest BCUT2D eigenvalue weighted by molar-refractivity contribution is -0.114. The third kappa shape index (κ3) is 5.37. The van der Waals surface area contributed by atoms with Crippen molar-refractivity contribution in [2.24, 2.45) is 0 Å². The fraction of sp³-hybridized carbons (Fsp3) is 0.222. The molecular weight excluding hydrogens is 427 g/mol. The maximum absolute atomic E-state index is 12.4. The van der Waals surface area contributed by atoms with E-state index >= 15 is 0 Å². The molecule has 0 aliphatic rings. The molecule has 0 saturated carbocycles. The highest BCUT2D eigenvalue weighted by Gasteiger charge is 2.22. The van der Waals surface area contributed by atoms with Crippen LogP contribution in [-0.2, 0) is 19.6 Å². The van der Waals surface area contributed by atoms with E-state index in [-0.39, 0.29) is 22.0 Å². The van der Waals surface area contributed by atoms with Crippen LogP contribution >= 0.6 is 23.2 Å². The van der Waals surface area contributed by atoms with Gasteiger partial charge in [0.05, 0.1) is 29.6 Å². The van der Waals surface area contributed by atoms with Crippen molar-refractivity contribution in [1.29, 1.82) is 0 Å². The number of ether oxygens (including phenoxy) is 1. The molecule has 0 unspecified atom stereocenters. The first kappa shape index (κ1) is 22.0. The second kappa shape index (κ2) is 8.81. The van der Waals surface area contributed by atoms with Crippen LogP contribution in [0.3, 0.4) is 0 Å². The largest absolute Gasteiger partial charge is 0.465 e. The number of nitrogens with zero attached hydrogens (tertiary/aromatic N) is 1. The maximum Gasteiger partial charge on any atom is 0.339 e. The van der Waals surface area contributed by atoms with E-state index in [0.29, 0.717) is 5.02 Å². The Kier molecular flexibility index (Phi) is 6.92. The van der Waals surface area contributed by atoms with Gasteiger partial charge in [0.2, 0.25) is 15.9 Å². The van der Waals surface area contributed by atoms with Crippen molar-refractivity contribution in [3.8, 4) is 0 Å². The Morgan fingerprint density at radius 2 is 1.79 bits per heavy atom. The summed E-state index contributed by atoms with van der Waals surface area (Å²) in [4.78, 5) is 24.1. The maximum atomic E-state index is 12.4. The Bertz CT molecular complexity index is 1020. The van der Waals surface area contributed by atoms with Gasteiger partial charge in [0.15, 0.2) is 0 Å². The van der Waals surface area contributed by atoms with Crippen molar-refractivity contribution < 1.29 is 22.7 Å². The van der Waals surface area contributed by atoms with Crippen LogP contribution in [-0.4, -0.2) is 40.2 Å². The second-order valence-electron chi connectivity index (χ2n) is 5.94. The van der Waals surface area contributed by atoms with Crippen molar-refractivity contribution >= 4 is 56.5 Å². The number of hydrogen-bond donors (Lipinski definition) is 1. The van der Waals surface area contributed by atoms with Crippen molar-refractivity contribution in [2.45, 2.75) is 6.92 Å². The number of hydrogen-bond acceptors (Lipinski definition) is 5. The number of aryl methyl sites for hydroxylation is 1. The molecule has 0 radical (unpaired) electrons. The van der Waals surface area contributed by atoms with E-state index in [4.69, 9.17) is 23.2 Å². The van der Waals surface area contributed by atoms with Crippen LogP contribution in [0.15, 0.2) is 36.4 Å². The number of carbonyl (C=O) groups excluding carboxylic acids is 2. The van der Waals surface area contributed by atoms with Crippen LogP contribution < -0.4 is 9.62 Å². The van der Waals surface area contributed by atoms with Gasteiger partial charge in [-0.25, -0.2) is 13.2 Å². The SMILES string of the molecule is COC(=O)c1cc(NC(=O)CN(c2ccc(C)c(Cl)c2)S(C)(=O)=O)ccc1Cl. The van der Waals surface area contributed by atoms with Crippen molar-refractivity contribution in [3.63, 3.8) is 0 Å². The number of nitrogens with one attached hydrogen (secondary N) is 1. The number of carbonyl (C=O) groups is 2. The molecule has 1 amide bonds. The minimum Gasteiger partial charge on any atom is -0.465 e. The van der Waals surface area contributed by atoms with Gasteiger partial charge in [0.25, 0.3) is 0 Å². The molecule has 0 bridgehead atoms. The van der Waals surface area contributed by atoms with Crippen molar-refractivity contribution in [3.05, 3.63) is 57.6 Å². The van der Waals surface area contributed by atoms with Crippen LogP contribution in [0.2, 0.25) is 10.0 Å². The standard InChI is InChI=1S/C18H18Cl2N2O5S/c1-11-4-6-13(9-16(11)20)22(28(3,25)26)10-17(23)21-12-5-7-15(19)14(8-12)18(24)27-2/h4-9H,10H2,1-3H3,(H,21,23). The molecule has 150 valence electrons. The molecule has 0 aromatic heterocycles. The lowest BCUT2D eigenvalue weighted by atomic mass is 10.2. The van der Waals surface area contributed by atoms with Crippen LogP contribution in [0, 0.1) is 6.92 Å². The van der Waals surface area contributed by atoms with E-state index in [0.717, 1.165) is 16.1 Å². The Morgan fingerprint density at radius 1 is 1.11 bits per heavy atom. The van der Waals surface area contributed by atoms with Gasteiger partial charge in [-0.15, -0.1) is 0 Å². The summed E-state index contributed by atoms with van der Waals surface area (Å²) in [5.41, 5.74) is 1.39. The molecule has 0 aliphatic carbocycles. The molecule has 0 spiro atoms. The number of rotatable bonds is 6. The van der Waals surface area contributed by atoms with Gasteiger partial charge in [-0.1, -0.05) is 29.3 Å². The van der Waals surface area contributed by atoms with E-state index in [1.165, 1.54) is 31.4 Å². The topological polar surface area (TPSA) is 92.8 Å². The molecule has 2 rings (SSSR count). The third-order valence-electron chi connectivity index (χ3n) is 3.79. The summed E-state index contributed by atoms with van der Waals surface area (Å²) < 4.78 is 29.9. The number of benzene rings is 2. The van der Waals surface area contributed by atoms with Gasteiger partial charge in [0.1, 0.15) is 6.54 Å². The van der Waals surface area contributed by atoms with Gasteiger partial charge < -0.3 is 10.1 Å². The summed E-state index contributed by atoms with van der Waals surface area (Å²) in [7, 11) is -2.54. The average molecular weight is 445 g/mol. The number of sulfonamides is 1. The van der Waals surface area contributed by atoms with Gasteiger partial charge in [-0.2, -0.15) is 0 Å². The van der Waals surface area contributed by atoms with Crippen LogP contribution in [0.1, 0.15) is 15.9 Å². The summed E-state index contributed by atoms with van der Waals surface area (Å²) in [6.45, 7) is 1.30. The number of anilines is 2. The highest BCUT2D eigenvalue weighted by molar-refractivity contribution is 7.92. The van der Waals surface area contributed by atoms with E-state index in [2.05, 4.69) is 10.1 Å². The highest BCUT2D eigenvalue weighted by atomic mass is 35.5. The molecule has 7 nitrogen and oxygen atoms in total. The molecule has 0 heterocycles. The quantitative estimate of drug-likeness (QED) is 0.688. The van der Waals surface area contributed by atoms with Crippen LogP contribution in [0.4, 0.5) is 11.4 Å². The van der Waals surface area contributed by atoms with Crippen LogP contribution in [0.5, 0.6) is 0 Å².